The quantitative estimate of drug-likeness (QED) is 0.811. The zero-order valence-corrected chi connectivity index (χ0v) is 9.47. The predicted molar refractivity (Wildman–Crippen MR) is 69.0 cm³/mol. The number of hydrogen-bond donors (Lipinski definition) is 1. The van der Waals surface area contributed by atoms with Gasteiger partial charge in [0, 0.05) is 6.08 Å². The summed E-state index contributed by atoms with van der Waals surface area (Å²) < 4.78 is 0. The van der Waals surface area contributed by atoms with E-state index in [4.69, 9.17) is 5.11 Å². The molecule has 0 aliphatic heterocycles. The van der Waals surface area contributed by atoms with E-state index in [-0.39, 0.29) is 0 Å². The molecule has 0 aliphatic rings. The van der Waals surface area contributed by atoms with E-state index < -0.39 is 5.97 Å². The van der Waals surface area contributed by atoms with Gasteiger partial charge in [-0.1, -0.05) is 48.5 Å². The van der Waals surface area contributed by atoms with Crippen LogP contribution in [0.3, 0.4) is 0 Å². The molecule has 0 aliphatic carbocycles. The van der Waals surface area contributed by atoms with Crippen LogP contribution in [-0.4, -0.2) is 11.1 Å². The first-order valence-corrected chi connectivity index (χ1v) is 5.63. The minimum atomic E-state index is -0.886. The molecule has 86 valence electrons. The first-order chi connectivity index (χ1) is 8.25. The van der Waals surface area contributed by atoms with Gasteiger partial charge in [-0.25, -0.2) is 4.79 Å². The summed E-state index contributed by atoms with van der Waals surface area (Å²) in [5.74, 6) is -0.886. The number of allylic oxidation sites excluding steroid dienone is 1. The van der Waals surface area contributed by atoms with Crippen molar-refractivity contribution in [3.8, 4) is 0 Å². The van der Waals surface area contributed by atoms with Gasteiger partial charge in [0.25, 0.3) is 0 Å². The van der Waals surface area contributed by atoms with Crippen molar-refractivity contribution >= 4 is 16.7 Å². The van der Waals surface area contributed by atoms with Crippen LogP contribution in [0.4, 0.5) is 0 Å². The van der Waals surface area contributed by atoms with Crippen molar-refractivity contribution in [1.29, 1.82) is 0 Å². The molecule has 2 rings (SSSR count). The van der Waals surface area contributed by atoms with Crippen LogP contribution in [0, 0.1) is 0 Å². The average Bonchev–Trinajstić information content (AvgIpc) is 2.34. The van der Waals surface area contributed by atoms with Gasteiger partial charge in [0.1, 0.15) is 0 Å². The number of aryl methyl sites for hydroxylation is 1. The van der Waals surface area contributed by atoms with Crippen LogP contribution >= 0.6 is 0 Å². The van der Waals surface area contributed by atoms with Crippen molar-refractivity contribution < 1.29 is 9.90 Å². The van der Waals surface area contributed by atoms with Crippen LogP contribution in [0.1, 0.15) is 12.0 Å². The van der Waals surface area contributed by atoms with E-state index in [2.05, 4.69) is 30.3 Å². The number of carboxylic acids is 1. The number of carbonyl (C=O) groups is 1. The summed E-state index contributed by atoms with van der Waals surface area (Å²) in [6.45, 7) is 0. The third kappa shape index (κ3) is 3.18. The fraction of sp³-hybridized carbons (Fsp3) is 0.133. The molecular weight excluding hydrogens is 212 g/mol. The Hall–Kier alpha value is -2.09. The summed E-state index contributed by atoms with van der Waals surface area (Å²) >= 11 is 0. The minimum Gasteiger partial charge on any atom is -0.478 e. The maximum Gasteiger partial charge on any atom is 0.327 e. The number of rotatable bonds is 4. The van der Waals surface area contributed by atoms with E-state index in [1.165, 1.54) is 22.4 Å². The average molecular weight is 226 g/mol. The normalized spacial score (nSPS) is 11.1. The molecule has 2 aromatic rings. The summed E-state index contributed by atoms with van der Waals surface area (Å²) in [6.07, 6.45) is 4.51. The fourth-order valence-electron chi connectivity index (χ4n) is 1.83. The maximum atomic E-state index is 10.3. The van der Waals surface area contributed by atoms with E-state index in [0.717, 1.165) is 12.8 Å². The Bertz CT molecular complexity index is 556. The summed E-state index contributed by atoms with van der Waals surface area (Å²) in [4.78, 5) is 10.3. The molecule has 2 aromatic carbocycles. The largest absolute Gasteiger partial charge is 0.478 e. The molecule has 0 heterocycles. The van der Waals surface area contributed by atoms with Crippen LogP contribution in [0.25, 0.3) is 10.8 Å². The standard InChI is InChI=1S/C15H14O2/c16-15(17)8-4-1-5-12-9-10-13-6-2-3-7-14(13)11-12/h2-4,6-11H,1,5H2,(H,16,17)/b8-4+. The zero-order valence-electron chi connectivity index (χ0n) is 9.47. The molecular formula is C15H14O2. The highest BCUT2D eigenvalue weighted by Gasteiger charge is 1.95. The highest BCUT2D eigenvalue weighted by atomic mass is 16.4. The number of benzene rings is 2. The van der Waals surface area contributed by atoms with Crippen molar-refractivity contribution in [3.63, 3.8) is 0 Å². The Kier molecular flexibility index (Phi) is 3.55. The Balaban J connectivity index is 2.07. The monoisotopic (exact) mass is 226 g/mol. The number of hydrogen-bond acceptors (Lipinski definition) is 1. The Labute approximate surface area is 100 Å². The smallest absolute Gasteiger partial charge is 0.327 e. The lowest BCUT2D eigenvalue weighted by Crippen LogP contribution is -1.87. The molecule has 0 spiro atoms. The molecule has 17 heavy (non-hydrogen) atoms. The number of fused-ring (bicyclic) bond motifs is 1. The van der Waals surface area contributed by atoms with Crippen molar-refractivity contribution in [2.75, 3.05) is 0 Å². The molecule has 0 atom stereocenters. The Morgan fingerprint density at radius 1 is 1.12 bits per heavy atom. The second kappa shape index (κ2) is 5.30. The number of carboxylic acid groups (broad SMARTS) is 1. The molecule has 0 saturated heterocycles. The maximum absolute atomic E-state index is 10.3. The molecule has 0 fully saturated rings. The molecule has 0 bridgehead atoms. The summed E-state index contributed by atoms with van der Waals surface area (Å²) in [6, 6.07) is 14.6. The summed E-state index contributed by atoms with van der Waals surface area (Å²) in [5.41, 5.74) is 1.23. The van der Waals surface area contributed by atoms with Gasteiger partial charge in [0.2, 0.25) is 0 Å². The lowest BCUT2D eigenvalue weighted by molar-refractivity contribution is -0.131. The predicted octanol–water partition coefficient (Wildman–Crippen LogP) is 3.41. The molecule has 0 radical (unpaired) electrons. The van der Waals surface area contributed by atoms with Crippen molar-refractivity contribution in [3.05, 3.63) is 60.2 Å². The van der Waals surface area contributed by atoms with Gasteiger partial charge in [-0.15, -0.1) is 0 Å². The molecule has 2 nitrogen and oxygen atoms in total. The first kappa shape index (κ1) is 11.4. The lowest BCUT2D eigenvalue weighted by Gasteiger charge is -2.01. The topological polar surface area (TPSA) is 37.3 Å². The summed E-state index contributed by atoms with van der Waals surface area (Å²) in [7, 11) is 0. The summed E-state index contributed by atoms with van der Waals surface area (Å²) in [5, 5.41) is 10.9. The van der Waals surface area contributed by atoms with E-state index in [0.29, 0.717) is 0 Å². The van der Waals surface area contributed by atoms with Gasteiger partial charge in [-0.05, 0) is 29.2 Å². The van der Waals surface area contributed by atoms with Gasteiger partial charge in [-0.2, -0.15) is 0 Å². The van der Waals surface area contributed by atoms with Crippen LogP contribution in [0.15, 0.2) is 54.6 Å². The molecule has 0 amide bonds. The van der Waals surface area contributed by atoms with Crippen LogP contribution < -0.4 is 0 Å². The van der Waals surface area contributed by atoms with E-state index >= 15 is 0 Å². The Morgan fingerprint density at radius 2 is 1.88 bits per heavy atom. The van der Waals surface area contributed by atoms with Crippen LogP contribution in [0.2, 0.25) is 0 Å². The fourth-order valence-corrected chi connectivity index (χ4v) is 1.83. The molecule has 0 aromatic heterocycles. The zero-order chi connectivity index (χ0) is 12.1. The van der Waals surface area contributed by atoms with Gasteiger partial charge in [-0.3, -0.25) is 0 Å². The highest BCUT2D eigenvalue weighted by Crippen LogP contribution is 2.16. The van der Waals surface area contributed by atoms with E-state index in [1.54, 1.807) is 6.08 Å². The van der Waals surface area contributed by atoms with E-state index in [1.807, 2.05) is 12.1 Å². The first-order valence-electron chi connectivity index (χ1n) is 5.63. The minimum absolute atomic E-state index is 0.755. The molecule has 0 unspecified atom stereocenters. The molecule has 1 N–H and O–H groups in total. The highest BCUT2D eigenvalue weighted by molar-refractivity contribution is 5.83. The van der Waals surface area contributed by atoms with E-state index in [9.17, 15) is 4.79 Å². The second-order valence-corrected chi connectivity index (χ2v) is 3.96. The van der Waals surface area contributed by atoms with Gasteiger partial charge >= 0.3 is 5.97 Å². The van der Waals surface area contributed by atoms with Crippen LogP contribution in [0.5, 0.6) is 0 Å². The third-order valence-corrected chi connectivity index (χ3v) is 2.67. The van der Waals surface area contributed by atoms with Crippen LogP contribution in [-0.2, 0) is 11.2 Å². The SMILES string of the molecule is O=C(O)/C=C/CCc1ccc2ccccc2c1. The Morgan fingerprint density at radius 3 is 2.65 bits per heavy atom. The lowest BCUT2D eigenvalue weighted by atomic mass is 10.0. The van der Waals surface area contributed by atoms with Crippen molar-refractivity contribution in [2.45, 2.75) is 12.8 Å². The second-order valence-electron chi connectivity index (χ2n) is 3.96. The molecule has 0 saturated carbocycles. The number of aliphatic carboxylic acids is 1. The van der Waals surface area contributed by atoms with Gasteiger partial charge in [0.15, 0.2) is 0 Å². The van der Waals surface area contributed by atoms with Gasteiger partial charge in [0.05, 0.1) is 0 Å². The molecule has 2 heteroatoms. The third-order valence-electron chi connectivity index (χ3n) is 2.67. The van der Waals surface area contributed by atoms with Crippen molar-refractivity contribution in [1.82, 2.24) is 0 Å². The van der Waals surface area contributed by atoms with Gasteiger partial charge < -0.3 is 5.11 Å². The van der Waals surface area contributed by atoms with Crippen molar-refractivity contribution in [2.24, 2.45) is 0 Å².